The Labute approximate surface area is 118 Å². The molecule has 0 bridgehead atoms. The Balaban J connectivity index is 1.90. The molecule has 108 valence electrons. The fraction of sp³-hybridized carbons (Fsp3) is 0.938. The van der Waals surface area contributed by atoms with Crippen LogP contribution in [0.25, 0.3) is 0 Å². The lowest BCUT2D eigenvalue weighted by molar-refractivity contribution is 0.217. The predicted molar refractivity (Wildman–Crippen MR) is 78.8 cm³/mol. The van der Waals surface area contributed by atoms with Gasteiger partial charge in [-0.1, -0.05) is 20.3 Å². The minimum Gasteiger partial charge on any atom is -0.300 e. The molecule has 3 nitrogen and oxygen atoms in total. The third-order valence-electron chi connectivity index (χ3n) is 5.19. The van der Waals surface area contributed by atoms with Gasteiger partial charge in [0.2, 0.25) is 0 Å². The quantitative estimate of drug-likeness (QED) is 0.829. The second kappa shape index (κ2) is 6.24. The summed E-state index contributed by atoms with van der Waals surface area (Å²) in [5.74, 6) is 1.38. The maximum Gasteiger partial charge on any atom is 0.109 e. The number of nitriles is 1. The maximum atomic E-state index is 9.58. The summed E-state index contributed by atoms with van der Waals surface area (Å²) >= 11 is 0. The van der Waals surface area contributed by atoms with Crippen molar-refractivity contribution in [2.75, 3.05) is 19.6 Å². The highest BCUT2D eigenvalue weighted by molar-refractivity contribution is 5.14. The number of hydrogen-bond donors (Lipinski definition) is 1. The fourth-order valence-corrected chi connectivity index (χ4v) is 4.22. The molecule has 2 rings (SSSR count). The summed E-state index contributed by atoms with van der Waals surface area (Å²) in [6.07, 6.45) is 5.97. The molecule has 0 aromatic rings. The van der Waals surface area contributed by atoms with Crippen molar-refractivity contribution < 1.29 is 0 Å². The van der Waals surface area contributed by atoms with Crippen LogP contribution >= 0.6 is 0 Å². The van der Waals surface area contributed by atoms with E-state index in [1.54, 1.807) is 0 Å². The Hall–Kier alpha value is -0.590. The molecular formula is C16H29N3. The van der Waals surface area contributed by atoms with Crippen molar-refractivity contribution >= 4 is 0 Å². The second-order valence-electron chi connectivity index (χ2n) is 6.68. The van der Waals surface area contributed by atoms with Gasteiger partial charge in [-0.3, -0.25) is 5.32 Å². The lowest BCUT2D eigenvalue weighted by Crippen LogP contribution is -2.47. The fourth-order valence-electron chi connectivity index (χ4n) is 4.22. The smallest absolute Gasteiger partial charge is 0.109 e. The predicted octanol–water partition coefficient (Wildman–Crippen LogP) is 2.78. The highest BCUT2D eigenvalue weighted by Crippen LogP contribution is 2.38. The molecular weight excluding hydrogens is 234 g/mol. The Bertz CT molecular complexity index is 335. The highest BCUT2D eigenvalue weighted by Gasteiger charge is 2.42. The van der Waals surface area contributed by atoms with Gasteiger partial charge in [-0.15, -0.1) is 0 Å². The van der Waals surface area contributed by atoms with Crippen molar-refractivity contribution in [2.45, 2.75) is 64.5 Å². The molecule has 0 amide bonds. The summed E-state index contributed by atoms with van der Waals surface area (Å²) < 4.78 is 0. The lowest BCUT2D eigenvalue weighted by atomic mass is 9.85. The first-order valence-electron chi connectivity index (χ1n) is 8.01. The summed E-state index contributed by atoms with van der Waals surface area (Å²) in [5.41, 5.74) is -0.233. The van der Waals surface area contributed by atoms with E-state index in [1.165, 1.54) is 38.8 Å². The van der Waals surface area contributed by atoms with Crippen LogP contribution in [0.3, 0.4) is 0 Å². The van der Waals surface area contributed by atoms with E-state index in [9.17, 15) is 5.26 Å². The van der Waals surface area contributed by atoms with Crippen molar-refractivity contribution in [2.24, 2.45) is 11.8 Å². The normalized spacial score (nSPS) is 39.6. The summed E-state index contributed by atoms with van der Waals surface area (Å²) in [7, 11) is 0. The molecule has 4 atom stereocenters. The molecule has 1 N–H and O–H groups in total. The summed E-state index contributed by atoms with van der Waals surface area (Å²) in [5, 5.41) is 13.1. The Kier molecular flexibility index (Phi) is 4.86. The van der Waals surface area contributed by atoms with Gasteiger partial charge in [-0.05, 0) is 57.5 Å². The first-order chi connectivity index (χ1) is 9.11. The summed E-state index contributed by atoms with van der Waals surface area (Å²) in [4.78, 5) is 2.62. The maximum absolute atomic E-state index is 9.58. The van der Waals surface area contributed by atoms with E-state index in [1.807, 2.05) is 0 Å². The van der Waals surface area contributed by atoms with Gasteiger partial charge in [0.1, 0.15) is 5.54 Å². The summed E-state index contributed by atoms with van der Waals surface area (Å²) in [6, 6.07) is 3.32. The zero-order valence-corrected chi connectivity index (χ0v) is 12.8. The topological polar surface area (TPSA) is 39.1 Å². The van der Waals surface area contributed by atoms with Crippen molar-refractivity contribution in [1.82, 2.24) is 10.2 Å². The van der Waals surface area contributed by atoms with Crippen LogP contribution in [0.4, 0.5) is 0 Å². The van der Waals surface area contributed by atoms with Crippen LogP contribution in [0.2, 0.25) is 0 Å². The Morgan fingerprint density at radius 2 is 2.21 bits per heavy atom. The third kappa shape index (κ3) is 3.12. The minimum atomic E-state index is -0.233. The van der Waals surface area contributed by atoms with Gasteiger partial charge in [0.05, 0.1) is 6.07 Å². The Morgan fingerprint density at radius 1 is 1.42 bits per heavy atom. The number of nitrogens with one attached hydrogen (secondary N) is 1. The van der Waals surface area contributed by atoms with Gasteiger partial charge in [-0.25, -0.2) is 0 Å². The first kappa shape index (κ1) is 14.8. The Morgan fingerprint density at radius 3 is 2.79 bits per heavy atom. The van der Waals surface area contributed by atoms with Crippen LogP contribution in [0, 0.1) is 23.2 Å². The van der Waals surface area contributed by atoms with Crippen molar-refractivity contribution in [3.8, 4) is 6.07 Å². The van der Waals surface area contributed by atoms with Crippen LogP contribution in [-0.2, 0) is 0 Å². The molecule has 1 heterocycles. The van der Waals surface area contributed by atoms with Gasteiger partial charge >= 0.3 is 0 Å². The van der Waals surface area contributed by atoms with Crippen LogP contribution < -0.4 is 5.32 Å². The van der Waals surface area contributed by atoms with Crippen LogP contribution in [-0.4, -0.2) is 36.1 Å². The molecule has 0 aromatic heterocycles. The van der Waals surface area contributed by atoms with E-state index in [0.29, 0.717) is 5.92 Å². The molecule has 3 heteroatoms. The van der Waals surface area contributed by atoms with Crippen LogP contribution in [0.5, 0.6) is 0 Å². The molecule has 0 spiro atoms. The zero-order chi connectivity index (χ0) is 13.9. The second-order valence-corrected chi connectivity index (χ2v) is 6.68. The van der Waals surface area contributed by atoms with Gasteiger partial charge in [0.25, 0.3) is 0 Å². The molecule has 4 unspecified atom stereocenters. The van der Waals surface area contributed by atoms with Gasteiger partial charge in [0, 0.05) is 12.6 Å². The number of rotatable bonds is 5. The summed E-state index contributed by atoms with van der Waals surface area (Å²) in [6.45, 7) is 10.1. The first-order valence-corrected chi connectivity index (χ1v) is 8.01. The lowest BCUT2D eigenvalue weighted by Gasteiger charge is -2.31. The molecule has 2 aliphatic rings. The van der Waals surface area contributed by atoms with Crippen molar-refractivity contribution in [3.63, 3.8) is 0 Å². The van der Waals surface area contributed by atoms with E-state index >= 15 is 0 Å². The van der Waals surface area contributed by atoms with E-state index in [2.05, 4.69) is 37.1 Å². The molecule has 1 aliphatic carbocycles. The van der Waals surface area contributed by atoms with Crippen LogP contribution in [0.1, 0.15) is 52.9 Å². The molecule has 1 aliphatic heterocycles. The van der Waals surface area contributed by atoms with E-state index < -0.39 is 0 Å². The zero-order valence-electron chi connectivity index (χ0n) is 12.8. The monoisotopic (exact) mass is 263 g/mol. The average molecular weight is 263 g/mol. The van der Waals surface area contributed by atoms with E-state index in [4.69, 9.17) is 0 Å². The molecule has 2 fully saturated rings. The van der Waals surface area contributed by atoms with Crippen LogP contribution in [0.15, 0.2) is 0 Å². The number of nitrogens with zero attached hydrogens (tertiary/aromatic N) is 2. The molecule has 19 heavy (non-hydrogen) atoms. The minimum absolute atomic E-state index is 0.233. The third-order valence-corrected chi connectivity index (χ3v) is 5.19. The highest BCUT2D eigenvalue weighted by atomic mass is 15.2. The van der Waals surface area contributed by atoms with Crippen molar-refractivity contribution in [1.29, 1.82) is 5.26 Å². The van der Waals surface area contributed by atoms with E-state index in [-0.39, 0.29) is 5.54 Å². The molecule has 1 saturated carbocycles. The SMILES string of the molecule is CCNC1(C#N)CCCC1CCN1CC(C)CC1C. The van der Waals surface area contributed by atoms with E-state index in [0.717, 1.165) is 24.9 Å². The van der Waals surface area contributed by atoms with Gasteiger partial charge in [-0.2, -0.15) is 5.26 Å². The van der Waals surface area contributed by atoms with Crippen molar-refractivity contribution in [3.05, 3.63) is 0 Å². The van der Waals surface area contributed by atoms with Gasteiger partial charge in [0.15, 0.2) is 0 Å². The number of hydrogen-bond acceptors (Lipinski definition) is 3. The standard InChI is InChI=1S/C16H29N3/c1-4-18-16(12-17)8-5-6-15(16)7-9-19-11-13(2)10-14(19)3/h13-15,18H,4-11H2,1-3H3. The molecule has 0 radical (unpaired) electrons. The average Bonchev–Trinajstić information content (AvgIpc) is 2.91. The molecule has 1 saturated heterocycles. The molecule has 0 aromatic carbocycles. The number of likely N-dealkylation sites (tertiary alicyclic amines) is 1. The van der Waals surface area contributed by atoms with Gasteiger partial charge < -0.3 is 4.90 Å². The largest absolute Gasteiger partial charge is 0.300 e.